The number of nitrogens with zero attached hydrogens (tertiary/aromatic N) is 4. The Bertz CT molecular complexity index is 704. The average molecular weight is 426 g/mol. The summed E-state index contributed by atoms with van der Waals surface area (Å²) < 4.78 is 0. The molecule has 2 aliphatic rings. The van der Waals surface area contributed by atoms with E-state index in [9.17, 15) is 9.59 Å². The van der Waals surface area contributed by atoms with Crippen LogP contribution in [-0.2, 0) is 9.59 Å². The molecule has 1 N–H and O–H groups in total. The van der Waals surface area contributed by atoms with Gasteiger partial charge < -0.3 is 15.1 Å². The lowest BCUT2D eigenvalue weighted by molar-refractivity contribution is -0.135. The van der Waals surface area contributed by atoms with E-state index in [0.717, 1.165) is 31.7 Å². The van der Waals surface area contributed by atoms with Gasteiger partial charge in [0, 0.05) is 44.2 Å². The molecule has 0 spiro atoms. The van der Waals surface area contributed by atoms with Crippen LogP contribution in [0.15, 0.2) is 11.2 Å². The normalized spacial score (nSPS) is 18.0. The van der Waals surface area contributed by atoms with Crippen LogP contribution >= 0.6 is 23.4 Å². The van der Waals surface area contributed by atoms with Crippen molar-refractivity contribution in [3.63, 3.8) is 0 Å². The van der Waals surface area contributed by atoms with Crippen LogP contribution in [0.4, 0.5) is 5.82 Å². The van der Waals surface area contributed by atoms with E-state index in [1.54, 1.807) is 6.07 Å². The third-order valence-corrected chi connectivity index (χ3v) is 6.10. The number of anilines is 1. The van der Waals surface area contributed by atoms with E-state index in [-0.39, 0.29) is 23.6 Å². The van der Waals surface area contributed by atoms with E-state index in [1.165, 1.54) is 24.6 Å². The van der Waals surface area contributed by atoms with Gasteiger partial charge in [0.2, 0.25) is 11.8 Å². The number of hydrogen-bond donors (Lipinski definition) is 1. The molecule has 1 aromatic rings. The first kappa shape index (κ1) is 21.2. The van der Waals surface area contributed by atoms with Gasteiger partial charge in [0.05, 0.1) is 5.75 Å². The summed E-state index contributed by atoms with van der Waals surface area (Å²) in [5.41, 5.74) is 0. The van der Waals surface area contributed by atoms with E-state index in [1.807, 2.05) is 18.7 Å². The molecule has 0 radical (unpaired) electrons. The fraction of sp³-hybridized carbons (Fsp3) is 0.684. The highest BCUT2D eigenvalue weighted by molar-refractivity contribution is 7.99. The lowest BCUT2D eigenvalue weighted by Gasteiger charge is -2.36. The molecule has 28 heavy (non-hydrogen) atoms. The second kappa shape index (κ2) is 9.78. The number of piperazine rings is 1. The number of halogens is 1. The summed E-state index contributed by atoms with van der Waals surface area (Å²) in [6.07, 6.45) is 4.41. The van der Waals surface area contributed by atoms with Crippen molar-refractivity contribution in [1.29, 1.82) is 0 Å². The predicted octanol–water partition coefficient (Wildman–Crippen LogP) is 2.59. The van der Waals surface area contributed by atoms with Gasteiger partial charge in [-0.3, -0.25) is 9.59 Å². The van der Waals surface area contributed by atoms with Crippen molar-refractivity contribution in [3.05, 3.63) is 11.2 Å². The van der Waals surface area contributed by atoms with Gasteiger partial charge in [-0.2, -0.15) is 0 Å². The molecule has 1 aromatic heterocycles. The number of amides is 2. The van der Waals surface area contributed by atoms with Gasteiger partial charge in [-0.25, -0.2) is 9.97 Å². The molecule has 2 heterocycles. The first-order valence-corrected chi connectivity index (χ1v) is 11.3. The SMILES string of the molecule is CC(C)NC(=O)CSc1nc(Cl)cc(N2CCN(C(=O)C3CCCC3)CC2)n1. The van der Waals surface area contributed by atoms with Crippen molar-refractivity contribution < 1.29 is 9.59 Å². The highest BCUT2D eigenvalue weighted by atomic mass is 35.5. The Labute approximate surface area is 175 Å². The number of carbonyl (C=O) groups excluding carboxylic acids is 2. The van der Waals surface area contributed by atoms with Gasteiger partial charge in [0.1, 0.15) is 11.0 Å². The maximum atomic E-state index is 12.6. The zero-order valence-corrected chi connectivity index (χ0v) is 18.1. The minimum Gasteiger partial charge on any atom is -0.353 e. The Hall–Kier alpha value is -1.54. The molecular weight excluding hydrogens is 398 g/mol. The van der Waals surface area contributed by atoms with Crippen molar-refractivity contribution >= 4 is 41.0 Å². The minimum atomic E-state index is -0.0517. The molecule has 0 aromatic carbocycles. The van der Waals surface area contributed by atoms with E-state index in [0.29, 0.717) is 29.3 Å². The third kappa shape index (κ3) is 5.73. The number of aromatic nitrogens is 2. The van der Waals surface area contributed by atoms with Crippen molar-refractivity contribution in [2.75, 3.05) is 36.8 Å². The Morgan fingerprint density at radius 1 is 1.21 bits per heavy atom. The van der Waals surface area contributed by atoms with Crippen molar-refractivity contribution in [2.45, 2.75) is 50.7 Å². The van der Waals surface area contributed by atoms with Gasteiger partial charge in [-0.15, -0.1) is 0 Å². The molecular formula is C19H28ClN5O2S. The lowest BCUT2D eigenvalue weighted by atomic mass is 10.1. The Morgan fingerprint density at radius 3 is 2.54 bits per heavy atom. The minimum absolute atomic E-state index is 0.0517. The Balaban J connectivity index is 1.56. The highest BCUT2D eigenvalue weighted by Gasteiger charge is 2.29. The zero-order chi connectivity index (χ0) is 20.1. The van der Waals surface area contributed by atoms with E-state index >= 15 is 0 Å². The second-order valence-electron chi connectivity index (χ2n) is 7.64. The molecule has 0 atom stereocenters. The fourth-order valence-electron chi connectivity index (χ4n) is 3.69. The van der Waals surface area contributed by atoms with E-state index in [4.69, 9.17) is 11.6 Å². The summed E-state index contributed by atoms with van der Waals surface area (Å²) in [6.45, 7) is 6.71. The second-order valence-corrected chi connectivity index (χ2v) is 8.97. The van der Waals surface area contributed by atoms with Crippen LogP contribution in [0.1, 0.15) is 39.5 Å². The Kier molecular flexibility index (Phi) is 7.40. The Morgan fingerprint density at radius 2 is 1.89 bits per heavy atom. The average Bonchev–Trinajstić information content (AvgIpc) is 3.20. The van der Waals surface area contributed by atoms with Crippen molar-refractivity contribution in [2.24, 2.45) is 5.92 Å². The number of hydrogen-bond acceptors (Lipinski definition) is 6. The fourth-order valence-corrected chi connectivity index (χ4v) is 4.58. The first-order chi connectivity index (χ1) is 13.4. The molecule has 3 rings (SSSR count). The number of rotatable bonds is 6. The van der Waals surface area contributed by atoms with Crippen LogP contribution in [0, 0.1) is 5.92 Å². The van der Waals surface area contributed by atoms with Gasteiger partial charge in [-0.05, 0) is 26.7 Å². The molecule has 154 valence electrons. The monoisotopic (exact) mass is 425 g/mol. The van der Waals surface area contributed by atoms with Crippen molar-refractivity contribution in [3.8, 4) is 0 Å². The third-order valence-electron chi connectivity index (χ3n) is 5.06. The van der Waals surface area contributed by atoms with Crippen LogP contribution in [0.3, 0.4) is 0 Å². The molecule has 1 aliphatic heterocycles. The maximum Gasteiger partial charge on any atom is 0.230 e. The van der Waals surface area contributed by atoms with Crippen molar-refractivity contribution in [1.82, 2.24) is 20.2 Å². The smallest absolute Gasteiger partial charge is 0.230 e. The molecule has 7 nitrogen and oxygen atoms in total. The topological polar surface area (TPSA) is 78.4 Å². The van der Waals surface area contributed by atoms with E-state index < -0.39 is 0 Å². The summed E-state index contributed by atoms with van der Waals surface area (Å²) in [7, 11) is 0. The van der Waals surface area contributed by atoms with Gasteiger partial charge in [0.15, 0.2) is 5.16 Å². The van der Waals surface area contributed by atoms with Crippen LogP contribution in [0.25, 0.3) is 0 Å². The molecule has 9 heteroatoms. The van der Waals surface area contributed by atoms with Gasteiger partial charge in [0.25, 0.3) is 0 Å². The molecule has 0 bridgehead atoms. The lowest BCUT2D eigenvalue weighted by Crippen LogP contribution is -2.50. The van der Waals surface area contributed by atoms with Crippen LogP contribution in [-0.4, -0.2) is 64.7 Å². The number of carbonyl (C=O) groups is 2. The summed E-state index contributed by atoms with van der Waals surface area (Å²) in [5.74, 6) is 1.48. The quantitative estimate of drug-likeness (QED) is 0.428. The largest absolute Gasteiger partial charge is 0.353 e. The summed E-state index contributed by atoms with van der Waals surface area (Å²) in [4.78, 5) is 37.3. The van der Waals surface area contributed by atoms with Gasteiger partial charge >= 0.3 is 0 Å². The van der Waals surface area contributed by atoms with Crippen LogP contribution < -0.4 is 10.2 Å². The summed E-state index contributed by atoms with van der Waals surface area (Å²) >= 11 is 7.45. The molecule has 1 saturated heterocycles. The zero-order valence-electron chi connectivity index (χ0n) is 16.5. The molecule has 0 unspecified atom stereocenters. The predicted molar refractivity (Wildman–Crippen MR) is 112 cm³/mol. The molecule has 1 saturated carbocycles. The number of thioether (sulfide) groups is 1. The standard InChI is InChI=1S/C19H28ClN5O2S/c1-13(2)21-17(26)12-28-19-22-15(20)11-16(23-19)24-7-9-25(10-8-24)18(27)14-5-3-4-6-14/h11,13-14H,3-10,12H2,1-2H3,(H,21,26). The summed E-state index contributed by atoms with van der Waals surface area (Å²) in [5, 5.41) is 3.70. The highest BCUT2D eigenvalue weighted by Crippen LogP contribution is 2.28. The number of nitrogens with one attached hydrogen (secondary N) is 1. The van der Waals surface area contributed by atoms with E-state index in [2.05, 4.69) is 20.2 Å². The molecule has 1 aliphatic carbocycles. The molecule has 2 amide bonds. The first-order valence-electron chi connectivity index (χ1n) is 9.93. The van der Waals surface area contributed by atoms with Gasteiger partial charge in [-0.1, -0.05) is 36.2 Å². The molecule has 2 fully saturated rings. The summed E-state index contributed by atoms with van der Waals surface area (Å²) in [6, 6.07) is 1.85. The maximum absolute atomic E-state index is 12.6. The van der Waals surface area contributed by atoms with Crippen LogP contribution in [0.5, 0.6) is 0 Å². The van der Waals surface area contributed by atoms with Crippen LogP contribution in [0.2, 0.25) is 5.15 Å².